The third-order valence-corrected chi connectivity index (χ3v) is 5.44. The topological polar surface area (TPSA) is 49.8 Å². The van der Waals surface area contributed by atoms with Gasteiger partial charge in [-0.1, -0.05) is 36.4 Å². The summed E-state index contributed by atoms with van der Waals surface area (Å²) in [6.45, 7) is 1.34. The number of benzene rings is 3. The number of carboxylic acid groups (broad SMARTS) is 1. The van der Waals surface area contributed by atoms with Crippen LogP contribution < -0.4 is 9.64 Å². The Bertz CT molecular complexity index is 1040. The highest BCUT2D eigenvalue weighted by Crippen LogP contribution is 2.35. The molecule has 0 fully saturated rings. The first kappa shape index (κ1) is 20.0. The van der Waals surface area contributed by atoms with Crippen LogP contribution >= 0.6 is 0 Å². The number of nitrogens with zero attached hydrogens (tertiary/aromatic N) is 1. The van der Waals surface area contributed by atoms with Gasteiger partial charge in [0.15, 0.2) is 0 Å². The van der Waals surface area contributed by atoms with Crippen molar-refractivity contribution in [1.29, 1.82) is 0 Å². The van der Waals surface area contributed by atoms with Gasteiger partial charge in [0.2, 0.25) is 0 Å². The molecule has 0 atom stereocenters. The minimum Gasteiger partial charge on any atom is -0.489 e. The van der Waals surface area contributed by atoms with Crippen molar-refractivity contribution in [3.8, 4) is 5.75 Å². The maximum Gasteiger partial charge on any atom is 0.303 e. The van der Waals surface area contributed by atoms with Gasteiger partial charge in [-0.15, -0.1) is 0 Å². The molecule has 3 aromatic rings. The summed E-state index contributed by atoms with van der Waals surface area (Å²) in [6, 6.07) is 21.2. The number of hydrogen-bond acceptors (Lipinski definition) is 3. The van der Waals surface area contributed by atoms with Crippen molar-refractivity contribution in [3.05, 3.63) is 89.2 Å². The summed E-state index contributed by atoms with van der Waals surface area (Å²) in [5, 5.41) is 8.77. The largest absolute Gasteiger partial charge is 0.489 e. The molecule has 0 bridgehead atoms. The molecule has 0 radical (unpaired) electrons. The first-order chi connectivity index (χ1) is 14.6. The molecule has 4 rings (SSSR count). The van der Waals surface area contributed by atoms with E-state index in [0.29, 0.717) is 17.9 Å². The second-order valence-electron chi connectivity index (χ2n) is 7.44. The van der Waals surface area contributed by atoms with Gasteiger partial charge in [-0.3, -0.25) is 4.79 Å². The monoisotopic (exact) mass is 405 g/mol. The van der Waals surface area contributed by atoms with Gasteiger partial charge in [0.05, 0.1) is 0 Å². The molecule has 5 heteroatoms. The average Bonchev–Trinajstić information content (AvgIpc) is 2.77. The van der Waals surface area contributed by atoms with Gasteiger partial charge in [-0.05, 0) is 60.2 Å². The number of carboxylic acids is 1. The number of hydrogen-bond donors (Lipinski definition) is 1. The van der Waals surface area contributed by atoms with Crippen LogP contribution in [0, 0.1) is 5.82 Å². The van der Waals surface area contributed by atoms with Gasteiger partial charge in [-0.25, -0.2) is 4.39 Å². The van der Waals surface area contributed by atoms with Crippen molar-refractivity contribution >= 4 is 17.3 Å². The molecule has 30 heavy (non-hydrogen) atoms. The number of carbonyl (C=O) groups is 1. The van der Waals surface area contributed by atoms with Crippen LogP contribution in [0.25, 0.3) is 0 Å². The van der Waals surface area contributed by atoms with Crippen LogP contribution in [0.2, 0.25) is 0 Å². The Morgan fingerprint density at radius 2 is 1.87 bits per heavy atom. The molecule has 0 unspecified atom stereocenters. The van der Waals surface area contributed by atoms with E-state index in [-0.39, 0.29) is 12.8 Å². The fraction of sp³-hybridized carbons (Fsp3) is 0.240. The van der Waals surface area contributed by atoms with Gasteiger partial charge in [0.25, 0.3) is 0 Å². The Morgan fingerprint density at radius 1 is 1.03 bits per heavy atom. The molecular formula is C25H24FNO3. The van der Waals surface area contributed by atoms with Gasteiger partial charge >= 0.3 is 5.97 Å². The van der Waals surface area contributed by atoms with E-state index in [1.165, 1.54) is 23.0 Å². The fourth-order valence-electron chi connectivity index (χ4n) is 3.93. The smallest absolute Gasteiger partial charge is 0.303 e. The third kappa shape index (κ3) is 4.46. The summed E-state index contributed by atoms with van der Waals surface area (Å²) in [6.07, 6.45) is 2.13. The second kappa shape index (κ2) is 8.99. The highest BCUT2D eigenvalue weighted by atomic mass is 19.1. The molecule has 154 valence electrons. The Morgan fingerprint density at radius 3 is 2.63 bits per heavy atom. The lowest BCUT2D eigenvalue weighted by atomic mass is 9.96. The average molecular weight is 405 g/mol. The lowest BCUT2D eigenvalue weighted by Gasteiger charge is -2.32. The number of para-hydroxylation sites is 1. The molecule has 0 aromatic heterocycles. The van der Waals surface area contributed by atoms with E-state index in [2.05, 4.69) is 29.2 Å². The molecule has 1 heterocycles. The molecule has 0 amide bonds. The number of rotatable bonds is 7. The molecule has 1 N–H and O–H groups in total. The molecule has 0 saturated heterocycles. The maximum absolute atomic E-state index is 14.3. The third-order valence-electron chi connectivity index (χ3n) is 5.44. The van der Waals surface area contributed by atoms with E-state index in [0.717, 1.165) is 24.9 Å². The Balaban J connectivity index is 1.50. The lowest BCUT2D eigenvalue weighted by Crippen LogP contribution is -2.25. The van der Waals surface area contributed by atoms with Gasteiger partial charge in [0.1, 0.15) is 18.2 Å². The van der Waals surface area contributed by atoms with Crippen molar-refractivity contribution < 1.29 is 19.0 Å². The fourth-order valence-corrected chi connectivity index (χ4v) is 3.93. The zero-order chi connectivity index (χ0) is 20.9. The highest BCUT2D eigenvalue weighted by molar-refractivity contribution is 5.69. The predicted octanol–water partition coefficient (Wildman–Crippen LogP) is 5.51. The van der Waals surface area contributed by atoms with E-state index < -0.39 is 11.8 Å². The van der Waals surface area contributed by atoms with E-state index in [1.54, 1.807) is 12.1 Å². The maximum atomic E-state index is 14.3. The molecule has 0 aliphatic carbocycles. The number of anilines is 2. The van der Waals surface area contributed by atoms with Crippen LogP contribution in [-0.4, -0.2) is 17.6 Å². The number of fused-ring (bicyclic) bond motifs is 1. The van der Waals surface area contributed by atoms with Crippen LogP contribution in [0.1, 0.15) is 29.5 Å². The number of aliphatic carboxylic acids is 1. The van der Waals surface area contributed by atoms with Crippen molar-refractivity contribution in [2.24, 2.45) is 0 Å². The minimum absolute atomic E-state index is 0.0921. The summed E-state index contributed by atoms with van der Waals surface area (Å²) in [5.74, 6) is -0.924. The van der Waals surface area contributed by atoms with E-state index in [4.69, 9.17) is 9.84 Å². The molecular weight excluding hydrogens is 381 g/mol. The molecule has 4 nitrogen and oxygen atoms in total. The minimum atomic E-state index is -0.937. The van der Waals surface area contributed by atoms with Crippen LogP contribution in [-0.2, 0) is 24.2 Å². The van der Waals surface area contributed by atoms with Gasteiger partial charge in [0, 0.05) is 30.4 Å². The molecule has 0 spiro atoms. The normalized spacial score (nSPS) is 13.0. The SMILES string of the molecule is O=C(O)CCc1ccc(OCc2cccc3c2CCCN3c2ccccc2)cc1F. The van der Waals surface area contributed by atoms with E-state index in [9.17, 15) is 9.18 Å². The van der Waals surface area contributed by atoms with Crippen molar-refractivity contribution in [1.82, 2.24) is 0 Å². The molecule has 0 saturated carbocycles. The zero-order valence-electron chi connectivity index (χ0n) is 16.7. The Kier molecular flexibility index (Phi) is 5.98. The summed E-state index contributed by atoms with van der Waals surface area (Å²) in [7, 11) is 0. The first-order valence-electron chi connectivity index (χ1n) is 10.2. The summed E-state index contributed by atoms with van der Waals surface area (Å²) < 4.78 is 20.1. The number of aryl methyl sites for hydroxylation is 1. The molecule has 3 aromatic carbocycles. The van der Waals surface area contributed by atoms with Gasteiger partial charge < -0.3 is 14.7 Å². The first-order valence-corrected chi connectivity index (χ1v) is 10.2. The van der Waals surface area contributed by atoms with Crippen LogP contribution in [0.3, 0.4) is 0 Å². The van der Waals surface area contributed by atoms with Gasteiger partial charge in [-0.2, -0.15) is 0 Å². The summed E-state index contributed by atoms with van der Waals surface area (Å²) in [5.41, 5.74) is 5.13. The summed E-state index contributed by atoms with van der Waals surface area (Å²) >= 11 is 0. The standard InChI is InChI=1S/C25H24FNO3/c26-23-16-21(13-11-18(23)12-14-25(28)29)30-17-19-6-4-10-24-22(19)9-5-15-27(24)20-7-2-1-3-8-20/h1-4,6-8,10-11,13,16H,5,9,12,14-15,17H2,(H,28,29). The predicted molar refractivity (Wildman–Crippen MR) is 115 cm³/mol. The second-order valence-corrected chi connectivity index (χ2v) is 7.44. The number of ether oxygens (including phenoxy) is 1. The highest BCUT2D eigenvalue weighted by Gasteiger charge is 2.20. The zero-order valence-corrected chi connectivity index (χ0v) is 16.7. The summed E-state index contributed by atoms with van der Waals surface area (Å²) in [4.78, 5) is 13.0. The Hall–Kier alpha value is -3.34. The van der Waals surface area contributed by atoms with Crippen molar-refractivity contribution in [3.63, 3.8) is 0 Å². The quantitative estimate of drug-likeness (QED) is 0.563. The van der Waals surface area contributed by atoms with Crippen molar-refractivity contribution in [2.45, 2.75) is 32.3 Å². The van der Waals surface area contributed by atoms with Crippen LogP contribution in [0.15, 0.2) is 66.7 Å². The Labute approximate surface area is 175 Å². The number of halogens is 1. The lowest BCUT2D eigenvalue weighted by molar-refractivity contribution is -0.136. The van der Waals surface area contributed by atoms with E-state index in [1.807, 2.05) is 24.3 Å². The van der Waals surface area contributed by atoms with E-state index >= 15 is 0 Å². The van der Waals surface area contributed by atoms with Crippen LogP contribution in [0.4, 0.5) is 15.8 Å². The molecule has 1 aliphatic rings. The molecule has 1 aliphatic heterocycles. The van der Waals surface area contributed by atoms with Crippen molar-refractivity contribution in [2.75, 3.05) is 11.4 Å². The van der Waals surface area contributed by atoms with Crippen LogP contribution in [0.5, 0.6) is 5.75 Å².